The maximum absolute atomic E-state index is 12.2. The predicted octanol–water partition coefficient (Wildman–Crippen LogP) is 4.08. The second kappa shape index (κ2) is 8.47. The SMILES string of the molecule is O=C(N/N=C/c1cccc(Br)c1)c1ccc(NS(=O)(=O)c2cccs2)cc1. The summed E-state index contributed by atoms with van der Waals surface area (Å²) >= 11 is 4.49. The van der Waals surface area contributed by atoms with Gasteiger partial charge in [-0.2, -0.15) is 5.10 Å². The van der Waals surface area contributed by atoms with E-state index in [-0.39, 0.29) is 4.21 Å². The second-order valence-corrected chi connectivity index (χ2v) is 9.14. The van der Waals surface area contributed by atoms with Gasteiger partial charge in [-0.15, -0.1) is 11.3 Å². The Labute approximate surface area is 169 Å². The van der Waals surface area contributed by atoms with E-state index in [2.05, 4.69) is 31.2 Å². The van der Waals surface area contributed by atoms with Crippen LogP contribution in [0.15, 0.2) is 79.8 Å². The molecule has 2 aromatic carbocycles. The van der Waals surface area contributed by atoms with Crippen molar-refractivity contribution in [3.05, 3.63) is 81.6 Å². The van der Waals surface area contributed by atoms with E-state index >= 15 is 0 Å². The van der Waals surface area contributed by atoms with Gasteiger partial charge in [0.25, 0.3) is 15.9 Å². The van der Waals surface area contributed by atoms with Crippen molar-refractivity contribution in [2.75, 3.05) is 4.72 Å². The van der Waals surface area contributed by atoms with Gasteiger partial charge in [0.2, 0.25) is 0 Å². The molecule has 0 bridgehead atoms. The third kappa shape index (κ3) is 5.25. The zero-order valence-electron chi connectivity index (χ0n) is 13.8. The summed E-state index contributed by atoms with van der Waals surface area (Å²) in [5, 5.41) is 5.61. The molecule has 0 radical (unpaired) electrons. The van der Waals surface area contributed by atoms with Crippen molar-refractivity contribution in [2.45, 2.75) is 4.21 Å². The second-order valence-electron chi connectivity index (χ2n) is 5.37. The van der Waals surface area contributed by atoms with Crippen LogP contribution >= 0.6 is 27.3 Å². The largest absolute Gasteiger partial charge is 0.279 e. The summed E-state index contributed by atoms with van der Waals surface area (Å²) in [6.07, 6.45) is 1.53. The van der Waals surface area contributed by atoms with Crippen LogP contribution in [-0.4, -0.2) is 20.5 Å². The molecular formula is C18H14BrN3O3S2. The van der Waals surface area contributed by atoms with Gasteiger partial charge in [0.05, 0.1) is 6.21 Å². The third-order valence-corrected chi connectivity index (χ3v) is 6.66. The van der Waals surface area contributed by atoms with Crippen LogP contribution in [0.4, 0.5) is 5.69 Å². The topological polar surface area (TPSA) is 87.6 Å². The number of sulfonamides is 1. The number of carbonyl (C=O) groups excluding carboxylic acids is 1. The molecule has 0 saturated heterocycles. The third-order valence-electron chi connectivity index (χ3n) is 3.39. The minimum absolute atomic E-state index is 0.228. The van der Waals surface area contributed by atoms with Gasteiger partial charge in [-0.1, -0.05) is 34.1 Å². The van der Waals surface area contributed by atoms with Gasteiger partial charge in [-0.25, -0.2) is 13.8 Å². The Morgan fingerprint density at radius 3 is 2.52 bits per heavy atom. The fourth-order valence-electron chi connectivity index (χ4n) is 2.13. The molecule has 0 unspecified atom stereocenters. The molecule has 3 aromatic rings. The molecule has 0 saturated carbocycles. The van der Waals surface area contributed by atoms with Gasteiger partial charge in [0.15, 0.2) is 0 Å². The van der Waals surface area contributed by atoms with Crippen LogP contribution in [-0.2, 0) is 10.0 Å². The molecule has 0 aliphatic carbocycles. The van der Waals surface area contributed by atoms with Gasteiger partial charge >= 0.3 is 0 Å². The Hall–Kier alpha value is -2.49. The molecule has 1 heterocycles. The predicted molar refractivity (Wildman–Crippen MR) is 111 cm³/mol. The maximum atomic E-state index is 12.2. The molecule has 0 fully saturated rings. The van der Waals surface area contributed by atoms with Crippen molar-refractivity contribution >= 4 is 55.1 Å². The summed E-state index contributed by atoms with van der Waals surface area (Å²) in [7, 11) is -3.61. The number of hydrogen-bond donors (Lipinski definition) is 2. The zero-order chi connectivity index (χ0) is 19.3. The lowest BCUT2D eigenvalue weighted by atomic mass is 10.2. The van der Waals surface area contributed by atoms with E-state index < -0.39 is 15.9 Å². The lowest BCUT2D eigenvalue weighted by Crippen LogP contribution is -2.17. The minimum Gasteiger partial charge on any atom is -0.279 e. The first-order valence-electron chi connectivity index (χ1n) is 7.69. The first kappa shape index (κ1) is 19.3. The lowest BCUT2D eigenvalue weighted by molar-refractivity contribution is 0.0955. The Kier molecular flexibility index (Phi) is 6.04. The van der Waals surface area contributed by atoms with Crippen molar-refractivity contribution in [1.29, 1.82) is 0 Å². The fraction of sp³-hybridized carbons (Fsp3) is 0. The van der Waals surface area contributed by atoms with E-state index in [4.69, 9.17) is 0 Å². The summed E-state index contributed by atoms with van der Waals surface area (Å²) in [6.45, 7) is 0. The summed E-state index contributed by atoms with van der Waals surface area (Å²) in [5.74, 6) is -0.395. The molecule has 1 amide bonds. The molecule has 27 heavy (non-hydrogen) atoms. The Morgan fingerprint density at radius 1 is 1.07 bits per heavy atom. The summed E-state index contributed by atoms with van der Waals surface area (Å²) in [5.41, 5.74) is 4.01. The molecular weight excluding hydrogens is 450 g/mol. The highest BCUT2D eigenvalue weighted by atomic mass is 79.9. The van der Waals surface area contributed by atoms with E-state index in [1.165, 1.54) is 36.5 Å². The average molecular weight is 464 g/mol. The number of hydrogen-bond acceptors (Lipinski definition) is 5. The van der Waals surface area contributed by atoms with Crippen LogP contribution in [0.25, 0.3) is 0 Å². The number of amides is 1. The molecule has 0 aliphatic heterocycles. The Bertz CT molecular complexity index is 1060. The molecule has 0 spiro atoms. The van der Waals surface area contributed by atoms with Crippen LogP contribution in [0.1, 0.15) is 15.9 Å². The van der Waals surface area contributed by atoms with Crippen molar-refractivity contribution in [3.63, 3.8) is 0 Å². The molecule has 1 aromatic heterocycles. The van der Waals surface area contributed by atoms with E-state index in [0.29, 0.717) is 11.3 Å². The van der Waals surface area contributed by atoms with E-state index in [1.54, 1.807) is 11.4 Å². The first-order valence-corrected chi connectivity index (χ1v) is 10.8. The highest BCUT2D eigenvalue weighted by Crippen LogP contribution is 2.20. The van der Waals surface area contributed by atoms with Crippen LogP contribution in [0.3, 0.4) is 0 Å². The van der Waals surface area contributed by atoms with E-state index in [9.17, 15) is 13.2 Å². The molecule has 0 aliphatic rings. The summed E-state index contributed by atoms with van der Waals surface area (Å²) in [4.78, 5) is 12.1. The van der Waals surface area contributed by atoms with E-state index in [0.717, 1.165) is 21.4 Å². The number of benzene rings is 2. The number of nitrogens with one attached hydrogen (secondary N) is 2. The van der Waals surface area contributed by atoms with Crippen LogP contribution in [0.2, 0.25) is 0 Å². The molecule has 138 valence electrons. The number of anilines is 1. The summed E-state index contributed by atoms with van der Waals surface area (Å²) in [6, 6.07) is 16.8. The standard InChI is InChI=1S/C18H14BrN3O3S2/c19-15-4-1-3-13(11-15)12-20-21-18(23)14-6-8-16(9-7-14)22-27(24,25)17-5-2-10-26-17/h1-12,22H,(H,21,23)/b20-12+. The fourth-order valence-corrected chi connectivity index (χ4v) is 4.60. The number of rotatable bonds is 6. The number of thiophene rings is 1. The molecule has 0 atom stereocenters. The number of carbonyl (C=O) groups is 1. The first-order chi connectivity index (χ1) is 12.9. The quantitative estimate of drug-likeness (QED) is 0.426. The molecule has 3 rings (SSSR count). The van der Waals surface area contributed by atoms with Gasteiger partial charge in [-0.05, 0) is 53.4 Å². The molecule has 2 N–H and O–H groups in total. The normalized spacial score (nSPS) is 11.4. The number of halogens is 1. The number of nitrogens with zero attached hydrogens (tertiary/aromatic N) is 1. The highest BCUT2D eigenvalue weighted by Gasteiger charge is 2.15. The van der Waals surface area contributed by atoms with Crippen molar-refractivity contribution in [3.8, 4) is 0 Å². The van der Waals surface area contributed by atoms with E-state index in [1.807, 2.05) is 24.3 Å². The van der Waals surface area contributed by atoms with Crippen molar-refractivity contribution in [1.82, 2.24) is 5.43 Å². The van der Waals surface area contributed by atoms with Crippen LogP contribution < -0.4 is 10.1 Å². The maximum Gasteiger partial charge on any atom is 0.271 e. The van der Waals surface area contributed by atoms with Gasteiger partial charge in [0, 0.05) is 15.7 Å². The monoisotopic (exact) mass is 463 g/mol. The smallest absolute Gasteiger partial charge is 0.271 e. The Balaban J connectivity index is 1.62. The van der Waals surface area contributed by atoms with Gasteiger partial charge < -0.3 is 0 Å². The number of hydrazone groups is 1. The van der Waals surface area contributed by atoms with Crippen molar-refractivity contribution < 1.29 is 13.2 Å². The average Bonchev–Trinajstić information content (AvgIpc) is 3.18. The van der Waals surface area contributed by atoms with Crippen molar-refractivity contribution in [2.24, 2.45) is 5.10 Å². The van der Waals surface area contributed by atoms with Gasteiger partial charge in [0.1, 0.15) is 4.21 Å². The Morgan fingerprint density at radius 2 is 1.85 bits per heavy atom. The molecule has 9 heteroatoms. The minimum atomic E-state index is -3.61. The molecule has 6 nitrogen and oxygen atoms in total. The van der Waals surface area contributed by atoms with Crippen LogP contribution in [0.5, 0.6) is 0 Å². The van der Waals surface area contributed by atoms with Gasteiger partial charge in [-0.3, -0.25) is 9.52 Å². The van der Waals surface area contributed by atoms with Crippen LogP contribution in [0, 0.1) is 0 Å². The lowest BCUT2D eigenvalue weighted by Gasteiger charge is -2.07. The summed E-state index contributed by atoms with van der Waals surface area (Å²) < 4.78 is 28.0. The highest BCUT2D eigenvalue weighted by molar-refractivity contribution is 9.10. The zero-order valence-corrected chi connectivity index (χ0v) is 17.0.